The van der Waals surface area contributed by atoms with Gasteiger partial charge in [0.15, 0.2) is 17.5 Å². The van der Waals surface area contributed by atoms with E-state index in [1.165, 1.54) is 0 Å². The van der Waals surface area contributed by atoms with Crippen molar-refractivity contribution >= 4 is 23.5 Å². The number of phenols is 1. The Kier molecular flexibility index (Phi) is 5.45. The van der Waals surface area contributed by atoms with Crippen LogP contribution in [-0.2, 0) is 11.2 Å². The molecule has 0 radical (unpaired) electrons. The highest BCUT2D eigenvalue weighted by atomic mass is 16.5. The first-order valence-corrected chi connectivity index (χ1v) is 10.5. The van der Waals surface area contributed by atoms with E-state index in [0.29, 0.717) is 31.3 Å². The van der Waals surface area contributed by atoms with E-state index >= 15 is 0 Å². The first-order valence-electron chi connectivity index (χ1n) is 10.5. The van der Waals surface area contributed by atoms with Crippen molar-refractivity contribution in [3.8, 4) is 17.1 Å². The van der Waals surface area contributed by atoms with Crippen LogP contribution in [0.5, 0.6) is 5.75 Å². The number of ether oxygens (including phenoxy) is 1. The molecule has 1 saturated heterocycles. The molecule has 31 heavy (non-hydrogen) atoms. The highest BCUT2D eigenvalue weighted by molar-refractivity contribution is 5.87. The molecular formula is C23H24N6O2. The highest BCUT2D eigenvalue weighted by Gasteiger charge is 2.30. The lowest BCUT2D eigenvalue weighted by Gasteiger charge is -2.31. The van der Waals surface area contributed by atoms with Crippen molar-refractivity contribution in [2.75, 3.05) is 36.5 Å². The van der Waals surface area contributed by atoms with Crippen LogP contribution in [0.25, 0.3) is 11.4 Å². The Labute approximate surface area is 180 Å². The summed E-state index contributed by atoms with van der Waals surface area (Å²) in [5, 5.41) is 12.9. The van der Waals surface area contributed by atoms with Gasteiger partial charge in [0.2, 0.25) is 0 Å². The van der Waals surface area contributed by atoms with Crippen LogP contribution in [0.2, 0.25) is 0 Å². The Morgan fingerprint density at radius 1 is 1.16 bits per heavy atom. The van der Waals surface area contributed by atoms with Crippen molar-refractivity contribution < 1.29 is 9.84 Å². The molecule has 5 rings (SSSR count). The van der Waals surface area contributed by atoms with Gasteiger partial charge in [-0.25, -0.2) is 9.97 Å². The molecule has 0 aliphatic carbocycles. The number of rotatable bonds is 6. The molecule has 0 bridgehead atoms. The second kappa shape index (κ2) is 8.69. The highest BCUT2D eigenvalue weighted by Crippen LogP contribution is 2.38. The fourth-order valence-corrected chi connectivity index (χ4v) is 3.89. The predicted octanol–water partition coefficient (Wildman–Crippen LogP) is 3.21. The molecule has 1 fully saturated rings. The number of aromatic nitrogens is 3. The van der Waals surface area contributed by atoms with Crippen molar-refractivity contribution in [3.63, 3.8) is 0 Å². The molecule has 0 spiro atoms. The van der Waals surface area contributed by atoms with Crippen molar-refractivity contribution in [3.05, 3.63) is 54.4 Å². The second-order valence-corrected chi connectivity index (χ2v) is 7.63. The number of nitrogens with zero attached hydrogens (tertiary/aromatic N) is 5. The van der Waals surface area contributed by atoms with Gasteiger partial charge in [-0.3, -0.25) is 9.98 Å². The molecule has 2 aliphatic rings. The molecule has 0 saturated carbocycles. The van der Waals surface area contributed by atoms with Gasteiger partial charge in [-0.15, -0.1) is 0 Å². The van der Waals surface area contributed by atoms with Gasteiger partial charge in [0.1, 0.15) is 11.4 Å². The third kappa shape index (κ3) is 4.20. The van der Waals surface area contributed by atoms with Crippen molar-refractivity contribution in [1.82, 2.24) is 15.0 Å². The fraction of sp³-hybridized carbons (Fsp3) is 0.304. The van der Waals surface area contributed by atoms with Gasteiger partial charge in [0.25, 0.3) is 0 Å². The largest absolute Gasteiger partial charge is 0.508 e. The van der Waals surface area contributed by atoms with Gasteiger partial charge >= 0.3 is 0 Å². The summed E-state index contributed by atoms with van der Waals surface area (Å²) < 4.78 is 5.62. The van der Waals surface area contributed by atoms with Crippen LogP contribution < -0.4 is 10.2 Å². The first-order chi connectivity index (χ1) is 15.3. The van der Waals surface area contributed by atoms with Gasteiger partial charge in [0.05, 0.1) is 19.2 Å². The smallest absolute Gasteiger partial charge is 0.165 e. The van der Waals surface area contributed by atoms with Crippen molar-refractivity contribution in [2.45, 2.75) is 18.9 Å². The lowest BCUT2D eigenvalue weighted by atomic mass is 10.1. The minimum absolute atomic E-state index is 0.271. The lowest BCUT2D eigenvalue weighted by molar-refractivity contribution is 0.193. The maximum absolute atomic E-state index is 9.48. The molecule has 2 N–H and O–H groups in total. The molecule has 3 aromatic rings. The van der Waals surface area contributed by atoms with Crippen LogP contribution in [0.3, 0.4) is 0 Å². The molecule has 8 heteroatoms. The number of pyridine rings is 1. The van der Waals surface area contributed by atoms with Crippen LogP contribution in [0.4, 0.5) is 17.3 Å². The molecule has 1 atom stereocenters. The van der Waals surface area contributed by atoms with Gasteiger partial charge in [-0.2, -0.15) is 0 Å². The summed E-state index contributed by atoms with van der Waals surface area (Å²) in [6.45, 7) is 2.86. The number of hydrogen-bond acceptors (Lipinski definition) is 8. The third-order valence-corrected chi connectivity index (χ3v) is 5.55. The summed E-state index contributed by atoms with van der Waals surface area (Å²) in [6.07, 6.45) is 7.20. The van der Waals surface area contributed by atoms with E-state index in [1.54, 1.807) is 24.5 Å². The molecule has 1 unspecified atom stereocenters. The summed E-state index contributed by atoms with van der Waals surface area (Å²) >= 11 is 0. The number of fused-ring (bicyclic) bond motifs is 1. The van der Waals surface area contributed by atoms with E-state index in [9.17, 15) is 5.11 Å². The van der Waals surface area contributed by atoms with Crippen LogP contribution in [0.15, 0.2) is 53.8 Å². The Balaban J connectivity index is 1.46. The van der Waals surface area contributed by atoms with Gasteiger partial charge < -0.3 is 20.1 Å². The average Bonchev–Trinajstić information content (AvgIpc) is 3.35. The third-order valence-electron chi connectivity index (χ3n) is 5.55. The van der Waals surface area contributed by atoms with Gasteiger partial charge in [-0.05, 0) is 42.7 Å². The minimum Gasteiger partial charge on any atom is -0.508 e. The Morgan fingerprint density at radius 2 is 2.06 bits per heavy atom. The zero-order chi connectivity index (χ0) is 21.0. The van der Waals surface area contributed by atoms with E-state index in [4.69, 9.17) is 14.7 Å². The second-order valence-electron chi connectivity index (χ2n) is 7.63. The maximum atomic E-state index is 9.48. The zero-order valence-corrected chi connectivity index (χ0v) is 17.1. The predicted molar refractivity (Wildman–Crippen MR) is 120 cm³/mol. The van der Waals surface area contributed by atoms with E-state index in [-0.39, 0.29) is 11.8 Å². The Hall–Kier alpha value is -3.52. The minimum atomic E-state index is 0.271. The van der Waals surface area contributed by atoms with E-state index < -0.39 is 0 Å². The summed E-state index contributed by atoms with van der Waals surface area (Å²) in [5.74, 6) is 2.44. The normalized spacial score (nSPS) is 17.5. The number of anilines is 2. The summed E-state index contributed by atoms with van der Waals surface area (Å²) in [6, 6.07) is 11.4. The monoisotopic (exact) mass is 416 g/mol. The molecule has 2 aliphatic heterocycles. The quantitative estimate of drug-likeness (QED) is 0.637. The fourth-order valence-electron chi connectivity index (χ4n) is 3.89. The topological polar surface area (TPSA) is 95.8 Å². The number of benzene rings is 1. The van der Waals surface area contributed by atoms with E-state index in [0.717, 1.165) is 42.1 Å². The van der Waals surface area contributed by atoms with Crippen LogP contribution in [0, 0.1) is 0 Å². The zero-order valence-electron chi connectivity index (χ0n) is 17.1. The summed E-state index contributed by atoms with van der Waals surface area (Å²) in [4.78, 5) is 20.8. The SMILES string of the molecule is Oc1ccc(CCNc2nc(-c3cccnc3)nc3c2N=CCN3C2CCOC2)cc1. The Morgan fingerprint density at radius 3 is 2.84 bits per heavy atom. The molecular weight excluding hydrogens is 392 g/mol. The molecule has 158 valence electrons. The van der Waals surface area contributed by atoms with E-state index in [2.05, 4.69) is 20.2 Å². The van der Waals surface area contributed by atoms with Crippen LogP contribution >= 0.6 is 0 Å². The van der Waals surface area contributed by atoms with Crippen molar-refractivity contribution in [2.24, 2.45) is 4.99 Å². The van der Waals surface area contributed by atoms with Gasteiger partial charge in [0, 0.05) is 37.3 Å². The lowest BCUT2D eigenvalue weighted by Crippen LogP contribution is -2.39. The van der Waals surface area contributed by atoms with Gasteiger partial charge in [-0.1, -0.05) is 12.1 Å². The molecule has 4 heterocycles. The maximum Gasteiger partial charge on any atom is 0.165 e. The molecule has 0 amide bonds. The van der Waals surface area contributed by atoms with Crippen LogP contribution in [-0.4, -0.2) is 58.6 Å². The summed E-state index contributed by atoms with van der Waals surface area (Å²) in [5.41, 5.74) is 2.76. The standard InChI is InChI=1S/C23H24N6O2/c30-19-5-3-16(4-6-19)7-10-26-22-20-23(28-21(27-22)17-2-1-9-24-14-17)29(12-11-25-20)18-8-13-31-15-18/h1-6,9,11,14,18,30H,7-8,10,12-13,15H2,(H,26,27,28). The number of nitrogens with one attached hydrogen (secondary N) is 1. The number of aliphatic imine (C=N–C) groups is 1. The van der Waals surface area contributed by atoms with Crippen molar-refractivity contribution in [1.29, 1.82) is 0 Å². The Bertz CT molecular complexity index is 1070. The first kappa shape index (κ1) is 19.4. The molecule has 2 aromatic heterocycles. The number of hydrogen-bond donors (Lipinski definition) is 2. The number of phenolic OH excluding ortho intramolecular Hbond substituents is 1. The van der Waals surface area contributed by atoms with E-state index in [1.807, 2.05) is 30.5 Å². The van der Waals surface area contributed by atoms with Crippen LogP contribution in [0.1, 0.15) is 12.0 Å². The molecule has 1 aromatic carbocycles. The summed E-state index contributed by atoms with van der Waals surface area (Å²) in [7, 11) is 0. The number of aromatic hydroxyl groups is 1. The average molecular weight is 416 g/mol. The molecule has 8 nitrogen and oxygen atoms in total.